The van der Waals surface area contributed by atoms with Crippen LogP contribution in [0.15, 0.2) is 54.6 Å². The van der Waals surface area contributed by atoms with Crippen LogP contribution in [-0.4, -0.2) is 17.7 Å². The maximum Gasteiger partial charge on any atom is 0.407 e. The van der Waals surface area contributed by atoms with Gasteiger partial charge in [-0.1, -0.05) is 60.7 Å². The molecule has 1 N–H and O–H groups in total. The molecule has 3 nitrogen and oxygen atoms in total. The van der Waals surface area contributed by atoms with Gasteiger partial charge in [0.15, 0.2) is 0 Å². The molecular weight excluding hydrogens is 322 g/mol. The Bertz CT molecular complexity index is 787. The van der Waals surface area contributed by atoms with Crippen molar-refractivity contribution >= 4 is 17.7 Å². The van der Waals surface area contributed by atoms with E-state index in [1.807, 2.05) is 39.0 Å². The first kappa shape index (κ1) is 18.2. The molecule has 0 heterocycles. The van der Waals surface area contributed by atoms with Crippen LogP contribution in [0, 0.1) is 0 Å². The highest BCUT2D eigenvalue weighted by Crippen LogP contribution is 2.31. The van der Waals surface area contributed by atoms with Crippen LogP contribution in [0.2, 0.25) is 0 Å². The van der Waals surface area contributed by atoms with Gasteiger partial charge in [0.1, 0.15) is 5.60 Å². The molecule has 0 spiro atoms. The number of nitrogens with one attached hydrogen (secondary N) is 1. The number of carbonyl (C=O) groups is 1. The number of ether oxygens (including phenoxy) is 1. The Morgan fingerprint density at radius 1 is 1.08 bits per heavy atom. The molecule has 0 bridgehead atoms. The highest BCUT2D eigenvalue weighted by atomic mass is 16.6. The van der Waals surface area contributed by atoms with Crippen molar-refractivity contribution in [1.29, 1.82) is 0 Å². The van der Waals surface area contributed by atoms with E-state index in [-0.39, 0.29) is 12.1 Å². The third-order valence-corrected chi connectivity index (χ3v) is 4.45. The molecule has 1 amide bonds. The molecule has 136 valence electrons. The monoisotopic (exact) mass is 349 g/mol. The Hall–Kier alpha value is -2.55. The van der Waals surface area contributed by atoms with Crippen LogP contribution in [0.3, 0.4) is 0 Å². The number of amides is 1. The third-order valence-electron chi connectivity index (χ3n) is 4.45. The number of fused-ring (bicyclic) bond motifs is 1. The molecule has 0 fully saturated rings. The van der Waals surface area contributed by atoms with Crippen molar-refractivity contribution in [3.63, 3.8) is 0 Å². The lowest BCUT2D eigenvalue weighted by atomic mass is 9.96. The normalized spacial score (nSPS) is 18.7. The van der Waals surface area contributed by atoms with E-state index in [1.165, 1.54) is 22.3 Å². The number of aryl methyl sites for hydroxylation is 1. The standard InChI is InChI=1S/C23H27NO2/c1-23(2,3)26-22(25)24-20-14-13-18-11-7-8-12-21(18)19(16-20)15-17-9-5-4-6-10-17/h4-12,15,20H,13-14,16H2,1-3H3,(H,24,25). The average Bonchev–Trinajstić information content (AvgIpc) is 2.74. The summed E-state index contributed by atoms with van der Waals surface area (Å²) in [6.07, 6.45) is 4.54. The summed E-state index contributed by atoms with van der Waals surface area (Å²) in [5.74, 6) is 0. The smallest absolute Gasteiger partial charge is 0.407 e. The highest BCUT2D eigenvalue weighted by Gasteiger charge is 2.23. The van der Waals surface area contributed by atoms with Crippen LogP contribution in [0.25, 0.3) is 11.6 Å². The van der Waals surface area contributed by atoms with Gasteiger partial charge in [0.25, 0.3) is 0 Å². The van der Waals surface area contributed by atoms with Crippen molar-refractivity contribution in [2.24, 2.45) is 0 Å². The SMILES string of the molecule is CC(C)(C)OC(=O)NC1CCc2ccccc2C(=Cc2ccccc2)C1. The van der Waals surface area contributed by atoms with E-state index in [0.717, 1.165) is 19.3 Å². The van der Waals surface area contributed by atoms with Crippen molar-refractivity contribution in [2.75, 3.05) is 0 Å². The van der Waals surface area contributed by atoms with E-state index in [0.29, 0.717) is 0 Å². The Morgan fingerprint density at radius 2 is 1.77 bits per heavy atom. The maximum absolute atomic E-state index is 12.2. The first-order chi connectivity index (χ1) is 12.4. The number of hydrogen-bond donors (Lipinski definition) is 1. The molecule has 3 heteroatoms. The molecule has 1 aliphatic carbocycles. The van der Waals surface area contributed by atoms with Crippen molar-refractivity contribution in [3.05, 3.63) is 71.3 Å². The number of hydrogen-bond acceptors (Lipinski definition) is 2. The van der Waals surface area contributed by atoms with Gasteiger partial charge in [0, 0.05) is 6.04 Å². The van der Waals surface area contributed by atoms with Crippen LogP contribution < -0.4 is 5.32 Å². The molecule has 1 aliphatic rings. The minimum atomic E-state index is -0.486. The summed E-state index contributed by atoms with van der Waals surface area (Å²) in [6.45, 7) is 5.66. The second-order valence-corrected chi connectivity index (χ2v) is 7.82. The fourth-order valence-electron chi connectivity index (χ4n) is 3.34. The fourth-order valence-corrected chi connectivity index (χ4v) is 3.34. The van der Waals surface area contributed by atoms with Crippen molar-refractivity contribution in [2.45, 2.75) is 51.7 Å². The maximum atomic E-state index is 12.2. The molecule has 3 rings (SSSR count). The third kappa shape index (κ3) is 4.98. The molecule has 0 aliphatic heterocycles. The van der Waals surface area contributed by atoms with E-state index in [1.54, 1.807) is 0 Å². The largest absolute Gasteiger partial charge is 0.444 e. The molecule has 26 heavy (non-hydrogen) atoms. The molecule has 0 aromatic heterocycles. The van der Waals surface area contributed by atoms with Gasteiger partial charge in [0.2, 0.25) is 0 Å². The van der Waals surface area contributed by atoms with Crippen molar-refractivity contribution in [1.82, 2.24) is 5.32 Å². The lowest BCUT2D eigenvalue weighted by molar-refractivity contribution is 0.0503. The van der Waals surface area contributed by atoms with Gasteiger partial charge < -0.3 is 10.1 Å². The van der Waals surface area contributed by atoms with Gasteiger partial charge >= 0.3 is 6.09 Å². The second-order valence-electron chi connectivity index (χ2n) is 7.82. The second kappa shape index (κ2) is 7.77. The molecule has 0 radical (unpaired) electrons. The summed E-state index contributed by atoms with van der Waals surface area (Å²) in [4.78, 5) is 12.2. The number of rotatable bonds is 2. The molecule has 0 saturated heterocycles. The van der Waals surface area contributed by atoms with E-state index >= 15 is 0 Å². The highest BCUT2D eigenvalue weighted by molar-refractivity contribution is 5.84. The number of benzene rings is 2. The Balaban J connectivity index is 1.85. The molecular formula is C23H27NO2. The van der Waals surface area contributed by atoms with Crippen LogP contribution in [-0.2, 0) is 11.2 Å². The minimum Gasteiger partial charge on any atom is -0.444 e. The predicted octanol–water partition coefficient (Wildman–Crippen LogP) is 5.46. The fraction of sp³-hybridized carbons (Fsp3) is 0.348. The zero-order chi connectivity index (χ0) is 18.6. The lowest BCUT2D eigenvalue weighted by Crippen LogP contribution is -2.39. The van der Waals surface area contributed by atoms with Gasteiger partial charge in [-0.05, 0) is 62.3 Å². The Kier molecular flexibility index (Phi) is 5.46. The molecule has 0 saturated carbocycles. The van der Waals surface area contributed by atoms with Crippen LogP contribution in [0.4, 0.5) is 4.79 Å². The molecule has 1 unspecified atom stereocenters. The predicted molar refractivity (Wildman–Crippen MR) is 107 cm³/mol. The first-order valence-electron chi connectivity index (χ1n) is 9.24. The van der Waals surface area contributed by atoms with Gasteiger partial charge in [-0.15, -0.1) is 0 Å². The number of carbonyl (C=O) groups excluding carboxylic acids is 1. The molecule has 2 aromatic rings. The topological polar surface area (TPSA) is 38.3 Å². The van der Waals surface area contributed by atoms with Gasteiger partial charge in [-0.2, -0.15) is 0 Å². The van der Waals surface area contributed by atoms with E-state index in [4.69, 9.17) is 4.74 Å². The lowest BCUT2D eigenvalue weighted by Gasteiger charge is -2.23. The van der Waals surface area contributed by atoms with Crippen LogP contribution in [0.5, 0.6) is 0 Å². The minimum absolute atomic E-state index is 0.0622. The molecule has 2 aromatic carbocycles. The summed E-state index contributed by atoms with van der Waals surface area (Å²) >= 11 is 0. The Labute approximate surface area is 156 Å². The van der Waals surface area contributed by atoms with Gasteiger partial charge in [0.05, 0.1) is 0 Å². The summed E-state index contributed by atoms with van der Waals surface area (Å²) in [7, 11) is 0. The first-order valence-corrected chi connectivity index (χ1v) is 9.24. The molecule has 1 atom stereocenters. The average molecular weight is 349 g/mol. The van der Waals surface area contributed by atoms with Gasteiger partial charge in [-0.3, -0.25) is 0 Å². The van der Waals surface area contributed by atoms with Crippen LogP contribution >= 0.6 is 0 Å². The van der Waals surface area contributed by atoms with Gasteiger partial charge in [-0.25, -0.2) is 4.79 Å². The van der Waals surface area contributed by atoms with Crippen molar-refractivity contribution in [3.8, 4) is 0 Å². The van der Waals surface area contributed by atoms with E-state index in [9.17, 15) is 4.79 Å². The summed E-state index contributed by atoms with van der Waals surface area (Å²) in [5.41, 5.74) is 4.56. The Morgan fingerprint density at radius 3 is 2.50 bits per heavy atom. The summed E-state index contributed by atoms with van der Waals surface area (Å²) in [5, 5.41) is 3.06. The summed E-state index contributed by atoms with van der Waals surface area (Å²) in [6, 6.07) is 18.9. The van der Waals surface area contributed by atoms with Crippen LogP contribution in [0.1, 0.15) is 50.3 Å². The van der Waals surface area contributed by atoms with Crippen molar-refractivity contribution < 1.29 is 9.53 Å². The quantitative estimate of drug-likeness (QED) is 0.731. The van der Waals surface area contributed by atoms with E-state index in [2.05, 4.69) is 47.8 Å². The van der Waals surface area contributed by atoms with E-state index < -0.39 is 5.60 Å². The summed E-state index contributed by atoms with van der Waals surface area (Å²) < 4.78 is 5.44. The zero-order valence-corrected chi connectivity index (χ0v) is 15.8. The number of alkyl carbamates (subject to hydrolysis) is 1. The zero-order valence-electron chi connectivity index (χ0n) is 15.8.